The Bertz CT molecular complexity index is 984. The monoisotopic (exact) mass is 375 g/mol. The van der Waals surface area contributed by atoms with Crippen molar-refractivity contribution in [1.29, 1.82) is 0 Å². The van der Waals surface area contributed by atoms with Crippen molar-refractivity contribution >= 4 is 22.8 Å². The normalized spacial score (nSPS) is 12.6. The predicted octanol–water partition coefficient (Wildman–Crippen LogP) is 5.98. The number of aromatic nitrogens is 1. The molecule has 0 spiro atoms. The van der Waals surface area contributed by atoms with Crippen LogP contribution in [0.25, 0.3) is 10.9 Å². The standard InChI is InChI=1S/C24H29N3O/c1-23(2,3)19-13-17(28)14-20(24(4,5)6)18(19)15-26-27-21-11-7-9-16-10-8-12-25-22(16)21/h7-15,27-28H,1-6H3/b26-15-. The first-order valence-electron chi connectivity index (χ1n) is 9.58. The van der Waals surface area contributed by atoms with Crippen molar-refractivity contribution in [2.75, 3.05) is 5.43 Å². The second-order valence-corrected chi connectivity index (χ2v) is 9.21. The summed E-state index contributed by atoms with van der Waals surface area (Å²) in [4.78, 5) is 4.46. The third kappa shape index (κ3) is 4.16. The van der Waals surface area contributed by atoms with Crippen LogP contribution in [0.15, 0.2) is 53.8 Å². The van der Waals surface area contributed by atoms with Gasteiger partial charge in [-0.3, -0.25) is 10.4 Å². The maximum Gasteiger partial charge on any atom is 0.116 e. The highest BCUT2D eigenvalue weighted by atomic mass is 16.3. The Morgan fingerprint density at radius 3 is 2.14 bits per heavy atom. The number of phenolic OH excluding ortho intramolecular Hbond substituents is 1. The van der Waals surface area contributed by atoms with E-state index in [0.717, 1.165) is 33.3 Å². The molecular formula is C24H29N3O. The van der Waals surface area contributed by atoms with Gasteiger partial charge in [-0.25, -0.2) is 0 Å². The number of anilines is 1. The molecule has 3 aromatic rings. The maximum atomic E-state index is 10.3. The number of phenols is 1. The highest BCUT2D eigenvalue weighted by molar-refractivity contribution is 5.91. The Morgan fingerprint density at radius 1 is 0.929 bits per heavy atom. The minimum absolute atomic E-state index is 0.124. The molecule has 1 heterocycles. The molecule has 0 saturated heterocycles. The SMILES string of the molecule is CC(C)(C)c1cc(O)cc(C(C)(C)C)c1/C=N\Nc1cccc2cccnc12. The molecule has 0 unspecified atom stereocenters. The van der Waals surface area contributed by atoms with Crippen LogP contribution >= 0.6 is 0 Å². The number of benzene rings is 2. The molecule has 2 aromatic carbocycles. The number of para-hydroxylation sites is 1. The summed E-state index contributed by atoms with van der Waals surface area (Å²) in [5.41, 5.74) is 7.83. The second kappa shape index (κ2) is 7.27. The van der Waals surface area contributed by atoms with Gasteiger partial charge in [0.15, 0.2) is 0 Å². The lowest BCUT2D eigenvalue weighted by Crippen LogP contribution is -2.21. The fraction of sp³-hybridized carbons (Fsp3) is 0.333. The van der Waals surface area contributed by atoms with E-state index in [0.29, 0.717) is 5.75 Å². The van der Waals surface area contributed by atoms with Gasteiger partial charge < -0.3 is 5.11 Å². The quantitative estimate of drug-likeness (QED) is 0.437. The van der Waals surface area contributed by atoms with E-state index in [9.17, 15) is 5.11 Å². The molecule has 0 aliphatic carbocycles. The Morgan fingerprint density at radius 2 is 1.54 bits per heavy atom. The van der Waals surface area contributed by atoms with E-state index in [4.69, 9.17) is 0 Å². The van der Waals surface area contributed by atoms with E-state index in [1.54, 1.807) is 6.20 Å². The van der Waals surface area contributed by atoms with Crippen molar-refractivity contribution in [2.24, 2.45) is 5.10 Å². The van der Waals surface area contributed by atoms with Crippen LogP contribution in [0, 0.1) is 0 Å². The maximum absolute atomic E-state index is 10.3. The van der Waals surface area contributed by atoms with Crippen molar-refractivity contribution < 1.29 is 5.11 Å². The lowest BCUT2D eigenvalue weighted by atomic mass is 9.76. The Balaban J connectivity index is 2.05. The largest absolute Gasteiger partial charge is 0.508 e. The molecule has 0 saturated carbocycles. The van der Waals surface area contributed by atoms with E-state index < -0.39 is 0 Å². The summed E-state index contributed by atoms with van der Waals surface area (Å²) < 4.78 is 0. The topological polar surface area (TPSA) is 57.5 Å². The fourth-order valence-electron chi connectivity index (χ4n) is 3.38. The van der Waals surface area contributed by atoms with Crippen molar-refractivity contribution in [1.82, 2.24) is 4.98 Å². The summed E-state index contributed by atoms with van der Waals surface area (Å²) in [5, 5.41) is 15.9. The molecule has 0 atom stereocenters. The van der Waals surface area contributed by atoms with Gasteiger partial charge in [-0.2, -0.15) is 5.10 Å². The van der Waals surface area contributed by atoms with E-state index in [-0.39, 0.29) is 10.8 Å². The molecule has 0 amide bonds. The fourth-order valence-corrected chi connectivity index (χ4v) is 3.38. The first-order chi connectivity index (χ1) is 13.1. The molecule has 1 aromatic heterocycles. The molecule has 3 rings (SSSR count). The summed E-state index contributed by atoms with van der Waals surface area (Å²) in [6.45, 7) is 12.9. The molecule has 0 radical (unpaired) electrons. The third-order valence-electron chi connectivity index (χ3n) is 4.79. The molecular weight excluding hydrogens is 346 g/mol. The average Bonchev–Trinajstić information content (AvgIpc) is 2.61. The van der Waals surface area contributed by atoms with Crippen LogP contribution in [-0.4, -0.2) is 16.3 Å². The molecule has 0 aliphatic heterocycles. The number of hydrogen-bond donors (Lipinski definition) is 2. The highest BCUT2D eigenvalue weighted by Crippen LogP contribution is 2.36. The molecule has 2 N–H and O–H groups in total. The van der Waals surface area contributed by atoms with Crippen LogP contribution in [0.3, 0.4) is 0 Å². The number of fused-ring (bicyclic) bond motifs is 1. The minimum atomic E-state index is -0.124. The van der Waals surface area contributed by atoms with Crippen molar-refractivity contribution in [3.05, 3.63) is 65.4 Å². The van der Waals surface area contributed by atoms with E-state index in [2.05, 4.69) is 57.1 Å². The van der Waals surface area contributed by atoms with Gasteiger partial charge in [0, 0.05) is 17.1 Å². The van der Waals surface area contributed by atoms with Gasteiger partial charge in [0.2, 0.25) is 0 Å². The number of rotatable bonds is 3. The lowest BCUT2D eigenvalue weighted by molar-refractivity contribution is 0.465. The van der Waals surface area contributed by atoms with Crippen molar-refractivity contribution in [3.63, 3.8) is 0 Å². The van der Waals surface area contributed by atoms with Gasteiger partial charge in [-0.05, 0) is 46.2 Å². The third-order valence-corrected chi connectivity index (χ3v) is 4.79. The van der Waals surface area contributed by atoms with E-state index in [1.807, 2.05) is 48.7 Å². The first-order valence-corrected chi connectivity index (χ1v) is 9.58. The Hall–Kier alpha value is -2.88. The van der Waals surface area contributed by atoms with Crippen LogP contribution in [0.2, 0.25) is 0 Å². The van der Waals surface area contributed by atoms with Gasteiger partial charge in [0.1, 0.15) is 5.75 Å². The van der Waals surface area contributed by atoms with E-state index >= 15 is 0 Å². The van der Waals surface area contributed by atoms with Crippen LogP contribution in [-0.2, 0) is 10.8 Å². The van der Waals surface area contributed by atoms with Crippen molar-refractivity contribution in [3.8, 4) is 5.75 Å². The van der Waals surface area contributed by atoms with Gasteiger partial charge in [0.25, 0.3) is 0 Å². The second-order valence-electron chi connectivity index (χ2n) is 9.21. The summed E-state index contributed by atoms with van der Waals surface area (Å²) in [6.07, 6.45) is 3.65. The molecule has 0 bridgehead atoms. The zero-order valence-electron chi connectivity index (χ0n) is 17.5. The number of nitrogens with one attached hydrogen (secondary N) is 1. The van der Waals surface area contributed by atoms with Gasteiger partial charge in [0.05, 0.1) is 17.4 Å². The zero-order valence-corrected chi connectivity index (χ0v) is 17.5. The minimum Gasteiger partial charge on any atom is -0.508 e. The molecule has 28 heavy (non-hydrogen) atoms. The molecule has 0 aliphatic rings. The van der Waals surface area contributed by atoms with Crippen LogP contribution < -0.4 is 5.43 Å². The van der Waals surface area contributed by atoms with Crippen molar-refractivity contribution in [2.45, 2.75) is 52.4 Å². The van der Waals surface area contributed by atoms with Gasteiger partial charge >= 0.3 is 0 Å². The predicted molar refractivity (Wildman–Crippen MR) is 118 cm³/mol. The van der Waals surface area contributed by atoms with Gasteiger partial charge in [-0.15, -0.1) is 0 Å². The highest BCUT2D eigenvalue weighted by Gasteiger charge is 2.25. The zero-order chi connectivity index (χ0) is 20.5. The van der Waals surface area contributed by atoms with Gasteiger partial charge in [-0.1, -0.05) is 59.7 Å². The summed E-state index contributed by atoms with van der Waals surface area (Å²) in [7, 11) is 0. The molecule has 4 heteroatoms. The van der Waals surface area contributed by atoms with Crippen LogP contribution in [0.1, 0.15) is 58.2 Å². The van der Waals surface area contributed by atoms with E-state index in [1.165, 1.54) is 0 Å². The summed E-state index contributed by atoms with van der Waals surface area (Å²) in [5.74, 6) is 0.290. The molecule has 4 nitrogen and oxygen atoms in total. The number of aromatic hydroxyl groups is 1. The molecule has 146 valence electrons. The first kappa shape index (κ1) is 19.9. The Kier molecular flexibility index (Phi) is 5.16. The smallest absolute Gasteiger partial charge is 0.116 e. The molecule has 0 fully saturated rings. The number of hydrazone groups is 1. The number of hydrogen-bond acceptors (Lipinski definition) is 4. The summed E-state index contributed by atoms with van der Waals surface area (Å²) in [6, 6.07) is 13.6. The van der Waals surface area contributed by atoms with Crippen LogP contribution in [0.4, 0.5) is 5.69 Å². The average molecular weight is 376 g/mol. The summed E-state index contributed by atoms with van der Waals surface area (Å²) >= 11 is 0. The number of nitrogens with zero attached hydrogens (tertiary/aromatic N) is 2. The lowest BCUT2D eigenvalue weighted by Gasteiger charge is -2.28. The van der Waals surface area contributed by atoms with Crippen LogP contribution in [0.5, 0.6) is 5.75 Å². The Labute approximate surface area is 167 Å². The number of pyridine rings is 1.